The molecule has 0 bridgehead atoms. The van der Waals surface area contributed by atoms with Crippen molar-refractivity contribution >= 4 is 22.6 Å². The molecule has 2 rings (SSSR count). The van der Waals surface area contributed by atoms with E-state index in [0.29, 0.717) is 6.07 Å². The van der Waals surface area contributed by atoms with Crippen molar-refractivity contribution in [3.05, 3.63) is 45.3 Å². The fraction of sp³-hybridized carbons (Fsp3) is 0.100. The summed E-state index contributed by atoms with van der Waals surface area (Å²) in [6.07, 6.45) is -4.63. The number of hydrogen-bond acceptors (Lipinski definition) is 2. The zero-order valence-corrected chi connectivity index (χ0v) is 8.32. The maximum absolute atomic E-state index is 12.6. The van der Waals surface area contributed by atoms with Crippen LogP contribution in [0.25, 0.3) is 11.0 Å². The van der Waals surface area contributed by atoms with Crippen LogP contribution in [0.15, 0.2) is 27.4 Å². The van der Waals surface area contributed by atoms with Crippen LogP contribution in [-0.4, -0.2) is 0 Å². The second-order valence-electron chi connectivity index (χ2n) is 3.04. The van der Waals surface area contributed by atoms with Gasteiger partial charge in [0.15, 0.2) is 0 Å². The molecular formula is C10H3ClF3O2. The molecular weight excluding hydrogens is 245 g/mol. The molecule has 0 unspecified atom stereocenters. The highest BCUT2D eigenvalue weighted by atomic mass is 35.5. The summed E-state index contributed by atoms with van der Waals surface area (Å²) in [5, 5.41) is -0.234. The van der Waals surface area contributed by atoms with Crippen LogP contribution in [0.3, 0.4) is 0 Å². The van der Waals surface area contributed by atoms with Gasteiger partial charge in [0.05, 0.1) is 5.56 Å². The Morgan fingerprint density at radius 3 is 2.62 bits per heavy atom. The minimum absolute atomic E-state index is 0.0202. The lowest BCUT2D eigenvalue weighted by atomic mass is 10.1. The van der Waals surface area contributed by atoms with Crippen molar-refractivity contribution in [1.82, 2.24) is 0 Å². The molecule has 1 aromatic carbocycles. The molecule has 0 spiro atoms. The van der Waals surface area contributed by atoms with E-state index < -0.39 is 17.4 Å². The quantitative estimate of drug-likeness (QED) is 0.669. The number of benzene rings is 1. The molecule has 2 nitrogen and oxygen atoms in total. The lowest BCUT2D eigenvalue weighted by Crippen LogP contribution is -2.10. The van der Waals surface area contributed by atoms with E-state index in [2.05, 4.69) is 10.5 Å². The number of rotatable bonds is 0. The van der Waals surface area contributed by atoms with Gasteiger partial charge in [0.1, 0.15) is 5.58 Å². The molecule has 0 fully saturated rings. The molecule has 83 valence electrons. The first kappa shape index (κ1) is 11.0. The first-order chi connectivity index (χ1) is 7.38. The number of halogens is 4. The van der Waals surface area contributed by atoms with E-state index in [1.54, 1.807) is 0 Å². The molecule has 6 heteroatoms. The van der Waals surface area contributed by atoms with Crippen LogP contribution in [0.5, 0.6) is 0 Å². The van der Waals surface area contributed by atoms with Crippen molar-refractivity contribution in [2.24, 2.45) is 0 Å². The standard InChI is InChI=1S/C10H3ClF3O2/c11-5-1-2-8-6(3-5)7(10(12,13)14)4-9(15)16-8/h2-4H. The third-order valence-electron chi connectivity index (χ3n) is 1.95. The topological polar surface area (TPSA) is 30.2 Å². The fourth-order valence-electron chi connectivity index (χ4n) is 1.31. The van der Waals surface area contributed by atoms with Gasteiger partial charge in [-0.1, -0.05) is 11.6 Å². The summed E-state index contributed by atoms with van der Waals surface area (Å²) in [5.74, 6) is 0. The summed E-state index contributed by atoms with van der Waals surface area (Å²) < 4.78 is 42.4. The van der Waals surface area contributed by atoms with Gasteiger partial charge < -0.3 is 4.42 Å². The van der Waals surface area contributed by atoms with Gasteiger partial charge in [-0.2, -0.15) is 13.2 Å². The minimum atomic E-state index is -4.63. The highest BCUT2D eigenvalue weighted by molar-refractivity contribution is 6.31. The van der Waals surface area contributed by atoms with Crippen molar-refractivity contribution in [1.29, 1.82) is 0 Å². The Labute approximate surface area is 92.2 Å². The van der Waals surface area contributed by atoms with Gasteiger partial charge in [-0.15, -0.1) is 0 Å². The van der Waals surface area contributed by atoms with E-state index >= 15 is 0 Å². The van der Waals surface area contributed by atoms with E-state index in [1.165, 1.54) is 0 Å². The average Bonchev–Trinajstić information content (AvgIpc) is 2.16. The van der Waals surface area contributed by atoms with Crippen LogP contribution in [-0.2, 0) is 6.18 Å². The van der Waals surface area contributed by atoms with Gasteiger partial charge in [0.2, 0.25) is 0 Å². The predicted octanol–water partition coefficient (Wildman–Crippen LogP) is 3.27. The number of fused-ring (bicyclic) bond motifs is 1. The summed E-state index contributed by atoms with van der Waals surface area (Å²) in [5.41, 5.74) is -2.31. The molecule has 1 heterocycles. The molecule has 0 saturated carbocycles. The lowest BCUT2D eigenvalue weighted by molar-refractivity contribution is -0.136. The van der Waals surface area contributed by atoms with Gasteiger partial charge in [0.25, 0.3) is 0 Å². The van der Waals surface area contributed by atoms with Crippen molar-refractivity contribution < 1.29 is 17.6 Å². The van der Waals surface area contributed by atoms with Crippen LogP contribution >= 0.6 is 11.6 Å². The molecule has 1 aromatic heterocycles. The molecule has 0 aliphatic heterocycles. The Morgan fingerprint density at radius 1 is 1.31 bits per heavy atom. The monoisotopic (exact) mass is 247 g/mol. The van der Waals surface area contributed by atoms with E-state index in [9.17, 15) is 18.0 Å². The Bertz CT molecular complexity index is 601. The van der Waals surface area contributed by atoms with Crippen molar-refractivity contribution in [2.75, 3.05) is 0 Å². The second kappa shape index (κ2) is 3.52. The van der Waals surface area contributed by atoms with E-state index in [-0.39, 0.29) is 16.0 Å². The highest BCUT2D eigenvalue weighted by Crippen LogP contribution is 2.34. The largest absolute Gasteiger partial charge is 0.423 e. The lowest BCUT2D eigenvalue weighted by Gasteiger charge is -2.08. The van der Waals surface area contributed by atoms with Crippen LogP contribution < -0.4 is 5.63 Å². The van der Waals surface area contributed by atoms with Gasteiger partial charge in [-0.3, -0.25) is 0 Å². The fourth-order valence-corrected chi connectivity index (χ4v) is 1.48. The Hall–Kier alpha value is -1.49. The van der Waals surface area contributed by atoms with Crippen LogP contribution in [0, 0.1) is 6.07 Å². The summed E-state index contributed by atoms with van der Waals surface area (Å²) >= 11 is 5.54. The molecule has 2 aromatic rings. The number of alkyl halides is 3. The highest BCUT2D eigenvalue weighted by Gasteiger charge is 2.33. The molecule has 0 amide bonds. The van der Waals surface area contributed by atoms with Gasteiger partial charge in [-0.05, 0) is 12.1 Å². The zero-order chi connectivity index (χ0) is 11.9. The first-order valence-corrected chi connectivity index (χ1v) is 4.48. The molecule has 0 aliphatic rings. The van der Waals surface area contributed by atoms with Crippen molar-refractivity contribution in [3.63, 3.8) is 0 Å². The molecule has 0 atom stereocenters. The van der Waals surface area contributed by atoms with Crippen molar-refractivity contribution in [2.45, 2.75) is 6.18 Å². The predicted molar refractivity (Wildman–Crippen MR) is 51.3 cm³/mol. The van der Waals surface area contributed by atoms with E-state index in [1.807, 2.05) is 0 Å². The minimum Gasteiger partial charge on any atom is -0.423 e. The van der Waals surface area contributed by atoms with Gasteiger partial charge in [-0.25, -0.2) is 4.79 Å². The Morgan fingerprint density at radius 2 is 2.00 bits per heavy atom. The van der Waals surface area contributed by atoms with Gasteiger partial charge in [0, 0.05) is 22.5 Å². The van der Waals surface area contributed by atoms with Crippen molar-refractivity contribution in [3.8, 4) is 0 Å². The van der Waals surface area contributed by atoms with Crippen LogP contribution in [0.2, 0.25) is 5.02 Å². The summed E-state index contributed by atoms with van der Waals surface area (Å²) in [4.78, 5) is 10.9. The normalized spacial score (nSPS) is 12.0. The molecule has 0 aliphatic carbocycles. The average molecular weight is 248 g/mol. The zero-order valence-electron chi connectivity index (χ0n) is 7.56. The number of hydrogen-bond donors (Lipinski definition) is 0. The van der Waals surface area contributed by atoms with Crippen LogP contribution in [0.4, 0.5) is 13.2 Å². The maximum Gasteiger partial charge on any atom is 0.417 e. The first-order valence-electron chi connectivity index (χ1n) is 4.10. The van der Waals surface area contributed by atoms with E-state index in [4.69, 9.17) is 11.6 Å². The third-order valence-corrected chi connectivity index (χ3v) is 2.16. The van der Waals surface area contributed by atoms with Gasteiger partial charge >= 0.3 is 11.8 Å². The van der Waals surface area contributed by atoms with E-state index in [0.717, 1.165) is 12.1 Å². The smallest absolute Gasteiger partial charge is 0.417 e. The Kier molecular flexibility index (Phi) is 2.42. The molecule has 16 heavy (non-hydrogen) atoms. The summed E-state index contributed by atoms with van der Waals surface area (Å²) in [7, 11) is 0. The second-order valence-corrected chi connectivity index (χ2v) is 3.44. The summed E-state index contributed by atoms with van der Waals surface area (Å²) in [6.45, 7) is 0. The Balaban J connectivity index is 2.91. The third kappa shape index (κ3) is 1.90. The molecule has 1 radical (unpaired) electrons. The maximum atomic E-state index is 12.6. The SMILES string of the molecule is O=c1cc(C(F)(F)F)c2cc(Cl)[c]cc2o1. The van der Waals surface area contributed by atoms with Crippen LogP contribution in [0.1, 0.15) is 5.56 Å². The molecule has 0 saturated heterocycles. The molecule has 0 N–H and O–H groups in total. The summed E-state index contributed by atoms with van der Waals surface area (Å²) in [6, 6.07) is 5.01.